The summed E-state index contributed by atoms with van der Waals surface area (Å²) in [5, 5.41) is 7.84. The predicted molar refractivity (Wildman–Crippen MR) is 139 cm³/mol. The molecular weight excluding hydrogens is 456 g/mol. The lowest BCUT2D eigenvalue weighted by atomic mass is 9.92. The third-order valence-electron chi connectivity index (χ3n) is 6.28. The first-order valence-corrected chi connectivity index (χ1v) is 12.2. The molecule has 4 rings (SSSR count). The van der Waals surface area contributed by atoms with Gasteiger partial charge in [-0.2, -0.15) is 5.10 Å². The second kappa shape index (κ2) is 10.0. The van der Waals surface area contributed by atoms with Gasteiger partial charge in [0.15, 0.2) is 11.5 Å². The van der Waals surface area contributed by atoms with Gasteiger partial charge in [-0.05, 0) is 55.7 Å². The Morgan fingerprint density at radius 3 is 2.56 bits per heavy atom. The largest absolute Gasteiger partial charge is 0.454 e. The van der Waals surface area contributed by atoms with Crippen LogP contribution in [0.3, 0.4) is 0 Å². The molecule has 0 radical (unpaired) electrons. The Bertz CT molecular complexity index is 1290. The minimum Gasteiger partial charge on any atom is -0.454 e. The summed E-state index contributed by atoms with van der Waals surface area (Å²) >= 11 is 0. The number of carbonyl (C=O) groups is 2. The molecule has 0 atom stereocenters. The third-order valence-corrected chi connectivity index (χ3v) is 6.28. The minimum absolute atomic E-state index is 0.0794. The normalized spacial score (nSPS) is 12.5. The molecule has 0 bridgehead atoms. The van der Waals surface area contributed by atoms with Gasteiger partial charge in [-0.1, -0.05) is 39.8 Å². The summed E-state index contributed by atoms with van der Waals surface area (Å²) in [7, 11) is 0. The second-order valence-electron chi connectivity index (χ2n) is 10.1. The quantitative estimate of drug-likeness (QED) is 0.503. The number of nitrogens with one attached hydrogen (secondary N) is 1. The fourth-order valence-corrected chi connectivity index (χ4v) is 4.08. The van der Waals surface area contributed by atoms with Crippen molar-refractivity contribution in [3.8, 4) is 17.2 Å². The lowest BCUT2D eigenvalue weighted by molar-refractivity contribution is -0.116. The number of amides is 2. The molecule has 0 saturated heterocycles. The summed E-state index contributed by atoms with van der Waals surface area (Å²) in [6.07, 6.45) is 0.720. The van der Waals surface area contributed by atoms with Gasteiger partial charge < -0.3 is 19.7 Å². The van der Waals surface area contributed by atoms with Crippen molar-refractivity contribution in [1.82, 2.24) is 14.7 Å². The number of fused-ring (bicyclic) bond motifs is 1. The van der Waals surface area contributed by atoms with E-state index in [-0.39, 0.29) is 30.6 Å². The van der Waals surface area contributed by atoms with Gasteiger partial charge in [0.25, 0.3) is 5.91 Å². The van der Waals surface area contributed by atoms with Crippen molar-refractivity contribution in [2.75, 3.05) is 25.2 Å². The van der Waals surface area contributed by atoms with Crippen LogP contribution in [0.2, 0.25) is 0 Å². The molecule has 2 heterocycles. The molecule has 8 nitrogen and oxygen atoms in total. The number of ether oxygens (including phenoxy) is 2. The molecule has 1 aromatic heterocycles. The summed E-state index contributed by atoms with van der Waals surface area (Å²) in [5.74, 6) is 1.20. The number of hydrogen-bond donors (Lipinski definition) is 1. The van der Waals surface area contributed by atoms with Gasteiger partial charge in [-0.3, -0.25) is 9.59 Å². The zero-order chi connectivity index (χ0) is 26.0. The first kappa shape index (κ1) is 25.3. The second-order valence-corrected chi connectivity index (χ2v) is 10.1. The van der Waals surface area contributed by atoms with E-state index in [1.807, 2.05) is 32.0 Å². The average molecular weight is 491 g/mol. The van der Waals surface area contributed by atoms with E-state index < -0.39 is 0 Å². The predicted octanol–water partition coefficient (Wildman–Crippen LogP) is 5.01. The number of nitrogens with zero attached hydrogens (tertiary/aromatic N) is 3. The fourth-order valence-electron chi connectivity index (χ4n) is 4.08. The van der Waals surface area contributed by atoms with Crippen LogP contribution >= 0.6 is 0 Å². The van der Waals surface area contributed by atoms with E-state index in [9.17, 15) is 9.59 Å². The third kappa shape index (κ3) is 5.22. The van der Waals surface area contributed by atoms with Crippen molar-refractivity contribution >= 4 is 17.6 Å². The summed E-state index contributed by atoms with van der Waals surface area (Å²) < 4.78 is 12.5. The van der Waals surface area contributed by atoms with Gasteiger partial charge >= 0.3 is 0 Å². The van der Waals surface area contributed by atoms with E-state index in [4.69, 9.17) is 14.6 Å². The van der Waals surface area contributed by atoms with Gasteiger partial charge in [-0.25, -0.2) is 4.68 Å². The van der Waals surface area contributed by atoms with E-state index in [2.05, 4.69) is 39.1 Å². The van der Waals surface area contributed by atoms with Crippen molar-refractivity contribution in [2.24, 2.45) is 0 Å². The Morgan fingerprint density at radius 2 is 1.83 bits per heavy atom. The van der Waals surface area contributed by atoms with E-state index in [0.29, 0.717) is 29.4 Å². The van der Waals surface area contributed by atoms with E-state index >= 15 is 0 Å². The molecule has 1 N–H and O–H groups in total. The zero-order valence-electron chi connectivity index (χ0n) is 21.8. The van der Waals surface area contributed by atoms with Crippen LogP contribution in [0.25, 0.3) is 5.69 Å². The highest BCUT2D eigenvalue weighted by atomic mass is 16.7. The smallest absolute Gasteiger partial charge is 0.254 e. The Kier molecular flexibility index (Phi) is 7.06. The number of anilines is 1. The van der Waals surface area contributed by atoms with Gasteiger partial charge in [-0.15, -0.1) is 0 Å². The summed E-state index contributed by atoms with van der Waals surface area (Å²) in [6.45, 7) is 12.8. The topological polar surface area (TPSA) is 85.7 Å². The highest BCUT2D eigenvalue weighted by Gasteiger charge is 2.25. The average Bonchev–Trinajstić information content (AvgIpc) is 3.46. The van der Waals surface area contributed by atoms with Crippen molar-refractivity contribution in [3.63, 3.8) is 0 Å². The lowest BCUT2D eigenvalue weighted by Crippen LogP contribution is -2.38. The van der Waals surface area contributed by atoms with E-state index in [1.54, 1.807) is 27.8 Å². The molecule has 1 aliphatic rings. The van der Waals surface area contributed by atoms with Crippen LogP contribution in [0.1, 0.15) is 61.3 Å². The molecule has 0 saturated carbocycles. The maximum atomic E-state index is 13.3. The van der Waals surface area contributed by atoms with Crippen molar-refractivity contribution in [3.05, 3.63) is 64.8 Å². The molecule has 3 aromatic rings. The van der Waals surface area contributed by atoms with Crippen molar-refractivity contribution < 1.29 is 19.1 Å². The molecule has 0 unspecified atom stereocenters. The number of benzene rings is 2. The Balaban J connectivity index is 1.59. The number of rotatable bonds is 7. The summed E-state index contributed by atoms with van der Waals surface area (Å²) in [4.78, 5) is 28.0. The Morgan fingerprint density at radius 1 is 1.08 bits per heavy atom. The van der Waals surface area contributed by atoms with Crippen LogP contribution in [-0.2, 0) is 10.2 Å². The monoisotopic (exact) mass is 490 g/mol. The number of aryl methyl sites for hydroxylation is 1. The van der Waals surface area contributed by atoms with Gasteiger partial charge in [0, 0.05) is 23.6 Å². The standard InChI is InChI=1S/C28H34N4O4/c1-7-13-31(27(34)20-11-12-22-23(14-20)36-17-35-22)16-26(33)29-25-15-24(28(4,5)6)30-32(25)21-10-8-9-18(2)19(21)3/h8-12,14-15H,7,13,16-17H2,1-6H3,(H,29,33). The Labute approximate surface area is 212 Å². The number of carbonyl (C=O) groups excluding carboxylic acids is 2. The highest BCUT2D eigenvalue weighted by molar-refractivity contribution is 5.99. The number of hydrogen-bond acceptors (Lipinski definition) is 5. The molecule has 0 fully saturated rings. The van der Waals surface area contributed by atoms with E-state index in [0.717, 1.165) is 28.9 Å². The van der Waals surface area contributed by atoms with Crippen LogP contribution < -0.4 is 14.8 Å². The number of aromatic nitrogens is 2. The summed E-state index contributed by atoms with van der Waals surface area (Å²) in [5.41, 5.74) is 4.24. The molecule has 36 heavy (non-hydrogen) atoms. The maximum Gasteiger partial charge on any atom is 0.254 e. The molecular formula is C28H34N4O4. The zero-order valence-corrected chi connectivity index (χ0v) is 21.8. The fraction of sp³-hybridized carbons (Fsp3) is 0.393. The molecule has 1 aliphatic heterocycles. The van der Waals surface area contributed by atoms with Crippen LogP contribution in [0.5, 0.6) is 11.5 Å². The summed E-state index contributed by atoms with van der Waals surface area (Å²) in [6, 6.07) is 13.0. The SMILES string of the molecule is CCCN(CC(=O)Nc1cc(C(C)(C)C)nn1-c1cccc(C)c1C)C(=O)c1ccc2c(c1)OCO2. The van der Waals surface area contributed by atoms with Crippen LogP contribution in [0.4, 0.5) is 5.82 Å². The highest BCUT2D eigenvalue weighted by Crippen LogP contribution is 2.33. The van der Waals surface area contributed by atoms with Crippen LogP contribution in [0, 0.1) is 13.8 Å². The van der Waals surface area contributed by atoms with Gasteiger partial charge in [0.1, 0.15) is 12.4 Å². The van der Waals surface area contributed by atoms with Gasteiger partial charge in [0.2, 0.25) is 12.7 Å². The molecule has 2 aromatic carbocycles. The first-order valence-electron chi connectivity index (χ1n) is 12.2. The van der Waals surface area contributed by atoms with E-state index in [1.165, 1.54) is 0 Å². The maximum absolute atomic E-state index is 13.3. The molecule has 2 amide bonds. The lowest BCUT2D eigenvalue weighted by Gasteiger charge is -2.22. The molecule has 0 spiro atoms. The Hall–Kier alpha value is -3.81. The van der Waals surface area contributed by atoms with Crippen molar-refractivity contribution in [1.29, 1.82) is 0 Å². The van der Waals surface area contributed by atoms with Crippen LogP contribution in [-0.4, -0.2) is 46.4 Å². The first-order chi connectivity index (χ1) is 17.1. The molecule has 8 heteroatoms. The molecule has 0 aliphatic carbocycles. The minimum atomic E-state index is -0.288. The van der Waals surface area contributed by atoms with Gasteiger partial charge in [0.05, 0.1) is 11.4 Å². The molecule has 190 valence electrons. The van der Waals surface area contributed by atoms with Crippen LogP contribution in [0.15, 0.2) is 42.5 Å². The van der Waals surface area contributed by atoms with Crippen molar-refractivity contribution in [2.45, 2.75) is 53.4 Å².